The van der Waals surface area contributed by atoms with E-state index in [4.69, 9.17) is 11.6 Å². The van der Waals surface area contributed by atoms with Gasteiger partial charge in [-0.25, -0.2) is 4.98 Å². The molecule has 0 N–H and O–H groups in total. The zero-order valence-electron chi connectivity index (χ0n) is 7.46. The van der Waals surface area contributed by atoms with Gasteiger partial charge in [-0.3, -0.25) is 4.79 Å². The second kappa shape index (κ2) is 4.98. The summed E-state index contributed by atoms with van der Waals surface area (Å²) in [5.41, 5.74) is 0.820. The Kier molecular flexibility index (Phi) is 4.22. The average molecular weight is 236 g/mol. The summed E-state index contributed by atoms with van der Waals surface area (Å²) in [6.07, 6.45) is 0.758. The number of rotatable bonds is 4. The third-order valence-electron chi connectivity index (χ3n) is 1.46. The van der Waals surface area contributed by atoms with Gasteiger partial charge in [-0.1, -0.05) is 25.6 Å². The Balaban J connectivity index is 2.97. The molecule has 0 atom stereocenters. The predicted octanol–water partition coefficient (Wildman–Crippen LogP) is 3.20. The van der Waals surface area contributed by atoms with Crippen LogP contribution in [0.25, 0.3) is 0 Å². The molecule has 0 aliphatic carbocycles. The van der Waals surface area contributed by atoms with Crippen molar-refractivity contribution in [2.75, 3.05) is 5.75 Å². The van der Waals surface area contributed by atoms with Crippen molar-refractivity contribution in [1.29, 1.82) is 0 Å². The van der Waals surface area contributed by atoms with E-state index in [1.165, 1.54) is 11.3 Å². The van der Waals surface area contributed by atoms with E-state index < -0.39 is 5.24 Å². The van der Waals surface area contributed by atoms with Crippen LogP contribution in [0.1, 0.15) is 29.2 Å². The minimum atomic E-state index is -0.391. The van der Waals surface area contributed by atoms with Gasteiger partial charge in [-0.05, 0) is 23.8 Å². The molecule has 0 unspecified atom stereocenters. The van der Waals surface area contributed by atoms with Gasteiger partial charge in [-0.15, -0.1) is 11.3 Å². The molecule has 5 heteroatoms. The van der Waals surface area contributed by atoms with Crippen molar-refractivity contribution < 1.29 is 4.79 Å². The molecular weight excluding hydrogens is 226 g/mol. The predicted molar refractivity (Wildman–Crippen MR) is 58.1 cm³/mol. The van der Waals surface area contributed by atoms with Crippen LogP contribution in [0, 0.1) is 0 Å². The molecule has 13 heavy (non-hydrogen) atoms. The average Bonchev–Trinajstić information content (AvgIpc) is 2.48. The number of carbonyl (C=O) groups excluding carboxylic acids is 1. The molecule has 1 aromatic rings. The first kappa shape index (κ1) is 11.0. The fraction of sp³-hybridized carbons (Fsp3) is 0.500. The molecule has 0 bridgehead atoms. The van der Waals surface area contributed by atoms with Gasteiger partial charge in [0.1, 0.15) is 4.88 Å². The number of thiazole rings is 1. The number of halogens is 1. The van der Waals surface area contributed by atoms with E-state index in [1.807, 2.05) is 6.92 Å². The van der Waals surface area contributed by atoms with Crippen molar-refractivity contribution in [2.45, 2.75) is 24.6 Å². The molecule has 0 aromatic carbocycles. The van der Waals surface area contributed by atoms with Crippen LogP contribution in [0.3, 0.4) is 0 Å². The second-order valence-corrected chi connectivity index (χ2v) is 5.17. The first-order valence-electron chi connectivity index (χ1n) is 4.01. The SMILES string of the molecule is CCSc1nc(CC)c(C(=O)Cl)s1. The molecule has 0 radical (unpaired) electrons. The topological polar surface area (TPSA) is 30.0 Å². The summed E-state index contributed by atoms with van der Waals surface area (Å²) >= 11 is 8.45. The van der Waals surface area contributed by atoms with Crippen LogP contribution in [0.15, 0.2) is 4.34 Å². The highest BCUT2D eigenvalue weighted by atomic mass is 35.5. The van der Waals surface area contributed by atoms with E-state index >= 15 is 0 Å². The Labute approximate surface area is 90.7 Å². The summed E-state index contributed by atoms with van der Waals surface area (Å²) in [4.78, 5) is 15.9. The molecule has 72 valence electrons. The normalized spacial score (nSPS) is 10.4. The van der Waals surface area contributed by atoms with E-state index in [1.54, 1.807) is 11.8 Å². The summed E-state index contributed by atoms with van der Waals surface area (Å²) in [5.74, 6) is 0.965. The molecule has 0 saturated heterocycles. The zero-order valence-corrected chi connectivity index (χ0v) is 9.85. The van der Waals surface area contributed by atoms with Crippen LogP contribution >= 0.6 is 34.7 Å². The Hall–Kier alpha value is -0.0600. The number of carbonyl (C=O) groups is 1. The van der Waals surface area contributed by atoms with Crippen LogP contribution in [0.4, 0.5) is 0 Å². The van der Waals surface area contributed by atoms with Crippen molar-refractivity contribution in [3.8, 4) is 0 Å². The minimum Gasteiger partial charge on any atom is -0.275 e. The maximum Gasteiger partial charge on any atom is 0.264 e. The van der Waals surface area contributed by atoms with E-state index in [0.717, 1.165) is 22.2 Å². The van der Waals surface area contributed by atoms with Gasteiger partial charge in [0.05, 0.1) is 5.69 Å². The number of hydrogen-bond acceptors (Lipinski definition) is 4. The Bertz CT molecular complexity index is 311. The maximum absolute atomic E-state index is 11.0. The van der Waals surface area contributed by atoms with Crippen LogP contribution in [-0.2, 0) is 6.42 Å². The maximum atomic E-state index is 11.0. The van der Waals surface area contributed by atoms with E-state index in [0.29, 0.717) is 4.88 Å². The summed E-state index contributed by atoms with van der Waals surface area (Å²) in [7, 11) is 0. The molecule has 0 fully saturated rings. The first-order chi connectivity index (χ1) is 6.19. The second-order valence-electron chi connectivity index (χ2n) is 2.32. The Morgan fingerprint density at radius 2 is 2.31 bits per heavy atom. The third-order valence-corrected chi connectivity index (χ3v) is 3.88. The molecule has 1 rings (SSSR count). The number of nitrogens with zero attached hydrogens (tertiary/aromatic N) is 1. The molecule has 1 heterocycles. The van der Waals surface area contributed by atoms with Gasteiger partial charge < -0.3 is 0 Å². The highest BCUT2D eigenvalue weighted by molar-refractivity contribution is 8.01. The van der Waals surface area contributed by atoms with Crippen molar-refractivity contribution in [3.63, 3.8) is 0 Å². The van der Waals surface area contributed by atoms with E-state index in [-0.39, 0.29) is 0 Å². The fourth-order valence-corrected chi connectivity index (χ4v) is 3.11. The standard InChI is InChI=1S/C8H10ClNOS2/c1-3-5-6(7(9)11)13-8(10-5)12-4-2/h3-4H2,1-2H3. The van der Waals surface area contributed by atoms with Crippen LogP contribution in [0.2, 0.25) is 0 Å². The Morgan fingerprint density at radius 3 is 2.69 bits per heavy atom. The lowest BCUT2D eigenvalue weighted by Gasteiger charge is -1.89. The summed E-state index contributed by atoms with van der Waals surface area (Å²) in [6.45, 7) is 4.03. The molecular formula is C8H10ClNOS2. The first-order valence-corrected chi connectivity index (χ1v) is 6.19. The molecule has 0 aliphatic heterocycles. The fourth-order valence-electron chi connectivity index (χ4n) is 0.908. The molecule has 0 spiro atoms. The number of hydrogen-bond donors (Lipinski definition) is 0. The van der Waals surface area contributed by atoms with Crippen LogP contribution < -0.4 is 0 Å². The van der Waals surface area contributed by atoms with Gasteiger partial charge in [0.2, 0.25) is 0 Å². The van der Waals surface area contributed by atoms with Crippen molar-refractivity contribution in [3.05, 3.63) is 10.6 Å². The van der Waals surface area contributed by atoms with Gasteiger partial charge in [0.25, 0.3) is 5.24 Å². The van der Waals surface area contributed by atoms with Crippen molar-refractivity contribution in [1.82, 2.24) is 4.98 Å². The van der Waals surface area contributed by atoms with Crippen LogP contribution in [-0.4, -0.2) is 16.0 Å². The highest BCUT2D eigenvalue weighted by Crippen LogP contribution is 2.28. The van der Waals surface area contributed by atoms with E-state index in [9.17, 15) is 4.79 Å². The lowest BCUT2D eigenvalue weighted by molar-refractivity contribution is 0.108. The zero-order chi connectivity index (χ0) is 9.84. The monoisotopic (exact) mass is 235 g/mol. The molecule has 2 nitrogen and oxygen atoms in total. The summed E-state index contributed by atoms with van der Waals surface area (Å²) in [5, 5.41) is -0.391. The number of aryl methyl sites for hydroxylation is 1. The number of thioether (sulfide) groups is 1. The van der Waals surface area contributed by atoms with Gasteiger partial charge in [0, 0.05) is 0 Å². The van der Waals surface area contributed by atoms with Gasteiger partial charge in [-0.2, -0.15) is 0 Å². The highest BCUT2D eigenvalue weighted by Gasteiger charge is 2.14. The van der Waals surface area contributed by atoms with E-state index in [2.05, 4.69) is 11.9 Å². The Morgan fingerprint density at radius 1 is 1.62 bits per heavy atom. The quantitative estimate of drug-likeness (QED) is 0.593. The lowest BCUT2D eigenvalue weighted by Crippen LogP contribution is -1.91. The minimum absolute atomic E-state index is 0.391. The smallest absolute Gasteiger partial charge is 0.264 e. The summed E-state index contributed by atoms with van der Waals surface area (Å²) in [6, 6.07) is 0. The van der Waals surface area contributed by atoms with Crippen molar-refractivity contribution >= 4 is 39.9 Å². The summed E-state index contributed by atoms with van der Waals surface area (Å²) < 4.78 is 0.934. The third kappa shape index (κ3) is 2.69. The van der Waals surface area contributed by atoms with Crippen molar-refractivity contribution in [2.24, 2.45) is 0 Å². The molecule has 0 amide bonds. The largest absolute Gasteiger partial charge is 0.275 e. The molecule has 1 aromatic heterocycles. The molecule has 0 aliphatic rings. The number of aromatic nitrogens is 1. The van der Waals surface area contributed by atoms with Crippen LogP contribution in [0.5, 0.6) is 0 Å². The van der Waals surface area contributed by atoms with Gasteiger partial charge >= 0.3 is 0 Å². The van der Waals surface area contributed by atoms with Gasteiger partial charge in [0.15, 0.2) is 4.34 Å². The lowest BCUT2D eigenvalue weighted by atomic mass is 10.3. The molecule has 0 saturated carbocycles.